The third-order valence-corrected chi connectivity index (χ3v) is 8.28. The number of rotatable bonds is 17. The Hall–Kier alpha value is -4.62. The second-order valence-corrected chi connectivity index (χ2v) is 12.1. The standard InChI is InChI=1S/C40H49FN6/c1-7-21-46(22-8-2)23-13-18-33-15-9-10-20-39(33)47-31(5)40-29(3)14-11-17-35(40)26-37(47)27-43-32(6)45-28-44-30(4)24-38(42)34-16-12-19-36(41)25-34/h9-12,14-17,19-20,25-26,28,42-43H,5-8,13,18,21-24,27H2,1-4H3. The van der Waals surface area contributed by atoms with Gasteiger partial charge in [0, 0.05) is 40.5 Å². The highest BCUT2D eigenvalue weighted by Gasteiger charge is 2.26. The van der Waals surface area contributed by atoms with Crippen LogP contribution < -0.4 is 10.2 Å². The van der Waals surface area contributed by atoms with E-state index in [4.69, 9.17) is 5.41 Å². The van der Waals surface area contributed by atoms with Crippen molar-refractivity contribution in [2.45, 2.75) is 59.8 Å². The fourth-order valence-corrected chi connectivity index (χ4v) is 6.08. The Balaban J connectivity index is 1.49. The molecule has 246 valence electrons. The number of aryl methyl sites for hydroxylation is 2. The molecule has 2 N–H and O–H groups in total. The minimum atomic E-state index is -0.357. The smallest absolute Gasteiger partial charge is 0.123 e. The first-order chi connectivity index (χ1) is 22.7. The van der Waals surface area contributed by atoms with Crippen LogP contribution in [0.5, 0.6) is 0 Å². The minimum Gasteiger partial charge on any atom is -0.365 e. The van der Waals surface area contributed by atoms with Gasteiger partial charge in [-0.1, -0.05) is 75.5 Å². The molecular weight excluding hydrogens is 583 g/mol. The summed E-state index contributed by atoms with van der Waals surface area (Å²) in [4.78, 5) is 13.6. The van der Waals surface area contributed by atoms with E-state index in [0.29, 0.717) is 35.8 Å². The molecule has 6 nitrogen and oxygen atoms in total. The number of hydrogen-bond donors (Lipinski definition) is 2. The predicted octanol–water partition coefficient (Wildman–Crippen LogP) is 9.03. The SMILES string of the molecule is C=C(N=CN=C(C)CC(=N)c1cccc(F)c1)NCC1=Cc2cccc(C)c2C(=C)N1c1ccccc1CCCN(CCC)CCC. The van der Waals surface area contributed by atoms with Gasteiger partial charge in [-0.15, -0.1) is 0 Å². The summed E-state index contributed by atoms with van der Waals surface area (Å²) in [6.45, 7) is 21.0. The Morgan fingerprint density at radius 2 is 1.77 bits per heavy atom. The van der Waals surface area contributed by atoms with Crippen LogP contribution in [0.15, 0.2) is 101 Å². The van der Waals surface area contributed by atoms with Crippen LogP contribution in [0.2, 0.25) is 0 Å². The second-order valence-electron chi connectivity index (χ2n) is 12.1. The molecule has 0 atom stereocenters. The number of halogens is 1. The quantitative estimate of drug-likeness (QED) is 0.115. The summed E-state index contributed by atoms with van der Waals surface area (Å²) in [6, 6.07) is 21.1. The van der Waals surface area contributed by atoms with Crippen molar-refractivity contribution >= 4 is 35.2 Å². The fourth-order valence-electron chi connectivity index (χ4n) is 6.08. The molecule has 0 aliphatic carbocycles. The topological polar surface area (TPSA) is 67.1 Å². The van der Waals surface area contributed by atoms with Crippen LogP contribution in [-0.2, 0) is 6.42 Å². The molecular formula is C40H49FN6. The molecule has 0 amide bonds. The van der Waals surface area contributed by atoms with Crippen molar-refractivity contribution in [1.82, 2.24) is 10.2 Å². The Morgan fingerprint density at radius 3 is 2.51 bits per heavy atom. The summed E-state index contributed by atoms with van der Waals surface area (Å²) in [5, 5.41) is 11.7. The zero-order chi connectivity index (χ0) is 33.8. The molecule has 1 heterocycles. The lowest BCUT2D eigenvalue weighted by Gasteiger charge is -2.36. The zero-order valence-corrected chi connectivity index (χ0v) is 28.5. The maximum absolute atomic E-state index is 13.6. The third-order valence-electron chi connectivity index (χ3n) is 8.28. The van der Waals surface area contributed by atoms with Crippen molar-refractivity contribution in [3.8, 4) is 0 Å². The lowest BCUT2D eigenvalue weighted by Crippen LogP contribution is -2.31. The summed E-state index contributed by atoms with van der Waals surface area (Å²) in [7, 11) is 0. The average molecular weight is 633 g/mol. The number of para-hydroxylation sites is 1. The minimum absolute atomic E-state index is 0.298. The number of fused-ring (bicyclic) bond motifs is 1. The Bertz CT molecular complexity index is 1660. The molecule has 0 fully saturated rings. The van der Waals surface area contributed by atoms with E-state index in [0.717, 1.165) is 60.7 Å². The molecule has 0 unspecified atom stereocenters. The van der Waals surface area contributed by atoms with E-state index in [1.54, 1.807) is 12.1 Å². The van der Waals surface area contributed by atoms with Gasteiger partial charge in [-0.25, -0.2) is 14.4 Å². The Labute approximate surface area is 280 Å². The lowest BCUT2D eigenvalue weighted by atomic mass is 9.93. The van der Waals surface area contributed by atoms with Gasteiger partial charge in [0.1, 0.15) is 18.0 Å². The number of aliphatic imine (C=N–C) groups is 2. The van der Waals surface area contributed by atoms with E-state index in [1.165, 1.54) is 42.4 Å². The van der Waals surface area contributed by atoms with E-state index in [2.05, 4.69) is 108 Å². The molecule has 4 rings (SSSR count). The van der Waals surface area contributed by atoms with Crippen LogP contribution in [0.4, 0.5) is 10.1 Å². The van der Waals surface area contributed by atoms with Crippen molar-refractivity contribution in [3.05, 3.63) is 125 Å². The van der Waals surface area contributed by atoms with Crippen molar-refractivity contribution in [2.24, 2.45) is 9.98 Å². The molecule has 3 aromatic rings. The van der Waals surface area contributed by atoms with Gasteiger partial charge < -0.3 is 20.5 Å². The number of hydrogen-bond acceptors (Lipinski definition) is 5. The van der Waals surface area contributed by atoms with Crippen molar-refractivity contribution in [3.63, 3.8) is 0 Å². The number of anilines is 1. The molecule has 0 bridgehead atoms. The second kappa shape index (κ2) is 17.3. The third kappa shape index (κ3) is 9.69. The van der Waals surface area contributed by atoms with Gasteiger partial charge in [-0.05, 0) is 106 Å². The van der Waals surface area contributed by atoms with E-state index in [1.807, 2.05) is 6.92 Å². The molecule has 0 aromatic heterocycles. The van der Waals surface area contributed by atoms with Gasteiger partial charge in [0.05, 0.1) is 6.54 Å². The van der Waals surface area contributed by atoms with Gasteiger partial charge in [0.15, 0.2) is 0 Å². The Morgan fingerprint density at radius 1 is 1.02 bits per heavy atom. The van der Waals surface area contributed by atoms with Gasteiger partial charge >= 0.3 is 0 Å². The molecule has 47 heavy (non-hydrogen) atoms. The molecule has 7 heteroatoms. The molecule has 0 spiro atoms. The average Bonchev–Trinajstić information content (AvgIpc) is 3.04. The number of nitrogens with one attached hydrogen (secondary N) is 2. The van der Waals surface area contributed by atoms with Crippen molar-refractivity contribution in [1.29, 1.82) is 5.41 Å². The number of benzene rings is 3. The first-order valence-electron chi connectivity index (χ1n) is 16.6. The van der Waals surface area contributed by atoms with Crippen LogP contribution in [0.3, 0.4) is 0 Å². The van der Waals surface area contributed by atoms with Crippen LogP contribution >= 0.6 is 0 Å². The van der Waals surface area contributed by atoms with Crippen LogP contribution in [0.1, 0.15) is 74.3 Å². The van der Waals surface area contributed by atoms with Crippen LogP contribution in [0, 0.1) is 18.2 Å². The summed E-state index contributed by atoms with van der Waals surface area (Å²) >= 11 is 0. The fraction of sp³-hybridized carbons (Fsp3) is 0.325. The van der Waals surface area contributed by atoms with Gasteiger partial charge in [0.2, 0.25) is 0 Å². The molecule has 3 aromatic carbocycles. The van der Waals surface area contributed by atoms with E-state index < -0.39 is 0 Å². The highest BCUT2D eigenvalue weighted by molar-refractivity contribution is 6.11. The van der Waals surface area contributed by atoms with E-state index in [9.17, 15) is 4.39 Å². The molecule has 1 aliphatic heterocycles. The highest BCUT2D eigenvalue weighted by atomic mass is 19.1. The Kier molecular flexibility index (Phi) is 13.0. The molecule has 0 saturated heterocycles. The van der Waals surface area contributed by atoms with Crippen molar-refractivity contribution in [2.75, 3.05) is 31.1 Å². The molecule has 1 aliphatic rings. The maximum atomic E-state index is 13.6. The first-order valence-corrected chi connectivity index (χ1v) is 16.6. The first kappa shape index (κ1) is 35.2. The van der Waals surface area contributed by atoms with Gasteiger partial charge in [-0.3, -0.25) is 0 Å². The normalized spacial score (nSPS) is 13.2. The van der Waals surface area contributed by atoms with E-state index in [-0.39, 0.29) is 5.82 Å². The maximum Gasteiger partial charge on any atom is 0.123 e. The number of nitrogens with zero attached hydrogens (tertiary/aromatic N) is 4. The van der Waals surface area contributed by atoms with Crippen LogP contribution in [-0.4, -0.2) is 48.8 Å². The highest BCUT2D eigenvalue weighted by Crippen LogP contribution is 2.39. The zero-order valence-electron chi connectivity index (χ0n) is 28.5. The lowest BCUT2D eigenvalue weighted by molar-refractivity contribution is 0.271. The summed E-state index contributed by atoms with van der Waals surface area (Å²) in [5.74, 6) is 0.118. The van der Waals surface area contributed by atoms with Gasteiger partial charge in [0.25, 0.3) is 0 Å². The van der Waals surface area contributed by atoms with Gasteiger partial charge in [-0.2, -0.15) is 0 Å². The van der Waals surface area contributed by atoms with Crippen molar-refractivity contribution < 1.29 is 4.39 Å². The molecule has 0 radical (unpaired) electrons. The van der Waals surface area contributed by atoms with E-state index >= 15 is 0 Å². The van der Waals surface area contributed by atoms with Crippen LogP contribution in [0.25, 0.3) is 11.8 Å². The predicted molar refractivity (Wildman–Crippen MR) is 199 cm³/mol. The largest absolute Gasteiger partial charge is 0.365 e. The summed E-state index contributed by atoms with van der Waals surface area (Å²) < 4.78 is 13.6. The summed E-state index contributed by atoms with van der Waals surface area (Å²) in [5.41, 5.74) is 9.50. The monoisotopic (exact) mass is 632 g/mol. The molecule has 0 saturated carbocycles. The summed E-state index contributed by atoms with van der Waals surface area (Å²) in [6.07, 6.45) is 8.39.